The Morgan fingerprint density at radius 2 is 2.00 bits per heavy atom. The van der Waals surface area contributed by atoms with Crippen molar-refractivity contribution in [2.45, 2.75) is 6.42 Å². The van der Waals surface area contributed by atoms with Gasteiger partial charge in [-0.25, -0.2) is 0 Å². The normalized spacial score (nSPS) is 10.1. The van der Waals surface area contributed by atoms with Gasteiger partial charge in [-0.05, 0) is 23.8 Å². The molecule has 2 aromatic rings. The van der Waals surface area contributed by atoms with Gasteiger partial charge in [0.05, 0.1) is 18.9 Å². The molecule has 3 heteroatoms. The summed E-state index contributed by atoms with van der Waals surface area (Å²) in [5.74, 6) is 0.846. The highest BCUT2D eigenvalue weighted by atomic mass is 16.5. The first-order valence-corrected chi connectivity index (χ1v) is 4.98. The van der Waals surface area contributed by atoms with Crippen molar-refractivity contribution in [3.05, 3.63) is 54.0 Å². The Kier molecular flexibility index (Phi) is 3.05. The second kappa shape index (κ2) is 4.66. The van der Waals surface area contributed by atoms with Crippen LogP contribution in [-0.4, -0.2) is 12.9 Å². The highest BCUT2D eigenvalue weighted by Gasteiger charge is 2.07. The number of furan rings is 1. The maximum Gasteiger partial charge on any atom is 0.170 e. The average Bonchev–Trinajstić information content (AvgIpc) is 2.83. The minimum absolute atomic E-state index is 0.0546. The molecular formula is C13H12O3. The molecular weight excluding hydrogens is 204 g/mol. The Hall–Kier alpha value is -2.03. The lowest BCUT2D eigenvalue weighted by Gasteiger charge is -2.01. The molecule has 1 aromatic heterocycles. The Labute approximate surface area is 93.7 Å². The van der Waals surface area contributed by atoms with Crippen molar-refractivity contribution in [3.8, 4) is 5.75 Å². The smallest absolute Gasteiger partial charge is 0.170 e. The van der Waals surface area contributed by atoms with Crippen molar-refractivity contribution < 1.29 is 13.9 Å². The first-order valence-electron chi connectivity index (χ1n) is 4.98. The Morgan fingerprint density at radius 3 is 2.56 bits per heavy atom. The lowest BCUT2D eigenvalue weighted by atomic mass is 10.1. The number of benzene rings is 1. The molecule has 0 fully saturated rings. The highest BCUT2D eigenvalue weighted by Crippen LogP contribution is 2.13. The van der Waals surface area contributed by atoms with Crippen LogP contribution < -0.4 is 4.74 Å². The fourth-order valence-electron chi connectivity index (χ4n) is 1.45. The lowest BCUT2D eigenvalue weighted by Crippen LogP contribution is -2.01. The van der Waals surface area contributed by atoms with Gasteiger partial charge in [0.1, 0.15) is 12.0 Å². The minimum Gasteiger partial charge on any atom is -0.497 e. The van der Waals surface area contributed by atoms with Crippen LogP contribution in [0.4, 0.5) is 0 Å². The Balaban J connectivity index is 2.06. The molecule has 2 rings (SSSR count). The minimum atomic E-state index is 0.0546. The van der Waals surface area contributed by atoms with Crippen LogP contribution in [0.3, 0.4) is 0 Å². The molecule has 0 saturated heterocycles. The molecule has 3 nitrogen and oxygen atoms in total. The molecule has 0 aliphatic heterocycles. The number of Topliss-reactive ketones (excluding diaryl/α,β-unsaturated/α-hetero) is 1. The maximum atomic E-state index is 11.7. The monoisotopic (exact) mass is 216 g/mol. The number of hydrogen-bond acceptors (Lipinski definition) is 3. The van der Waals surface area contributed by atoms with Gasteiger partial charge in [-0.2, -0.15) is 0 Å². The van der Waals surface area contributed by atoms with E-state index < -0.39 is 0 Å². The van der Waals surface area contributed by atoms with E-state index in [0.29, 0.717) is 12.0 Å². The predicted molar refractivity (Wildman–Crippen MR) is 59.7 cm³/mol. The number of methoxy groups -OCH3 is 1. The molecule has 0 amide bonds. The van der Waals surface area contributed by atoms with Crippen molar-refractivity contribution in [3.63, 3.8) is 0 Å². The molecule has 0 N–H and O–H groups in total. The average molecular weight is 216 g/mol. The Morgan fingerprint density at radius 1 is 1.25 bits per heavy atom. The highest BCUT2D eigenvalue weighted by molar-refractivity contribution is 5.97. The van der Waals surface area contributed by atoms with Gasteiger partial charge in [0, 0.05) is 6.42 Å². The first kappa shape index (κ1) is 10.5. The van der Waals surface area contributed by atoms with E-state index in [2.05, 4.69) is 0 Å². The van der Waals surface area contributed by atoms with Crippen molar-refractivity contribution in [2.75, 3.05) is 7.11 Å². The summed E-state index contributed by atoms with van der Waals surface area (Å²) in [5, 5.41) is 0. The van der Waals surface area contributed by atoms with Gasteiger partial charge in [-0.1, -0.05) is 12.1 Å². The van der Waals surface area contributed by atoms with E-state index in [0.717, 1.165) is 11.3 Å². The summed E-state index contributed by atoms with van der Waals surface area (Å²) in [6, 6.07) is 9.13. The second-order valence-corrected chi connectivity index (χ2v) is 3.46. The maximum absolute atomic E-state index is 11.7. The van der Waals surface area contributed by atoms with E-state index in [1.807, 2.05) is 24.3 Å². The molecule has 0 aliphatic rings. The van der Waals surface area contributed by atoms with Crippen LogP contribution >= 0.6 is 0 Å². The lowest BCUT2D eigenvalue weighted by molar-refractivity contribution is 0.0992. The van der Waals surface area contributed by atoms with Crippen LogP contribution in [0.2, 0.25) is 0 Å². The zero-order valence-electron chi connectivity index (χ0n) is 8.97. The van der Waals surface area contributed by atoms with E-state index in [-0.39, 0.29) is 5.78 Å². The summed E-state index contributed by atoms with van der Waals surface area (Å²) >= 11 is 0. The van der Waals surface area contributed by atoms with Gasteiger partial charge in [0.15, 0.2) is 5.78 Å². The number of rotatable bonds is 4. The third-order valence-corrected chi connectivity index (χ3v) is 2.37. The zero-order valence-corrected chi connectivity index (χ0v) is 8.97. The molecule has 0 aliphatic carbocycles. The molecule has 0 radical (unpaired) electrons. The number of ketones is 1. The SMILES string of the molecule is COc1ccc(CC(=O)c2ccoc2)cc1. The number of carbonyl (C=O) groups is 1. The van der Waals surface area contributed by atoms with Crippen LogP contribution in [-0.2, 0) is 6.42 Å². The van der Waals surface area contributed by atoms with E-state index in [9.17, 15) is 4.79 Å². The van der Waals surface area contributed by atoms with Crippen LogP contribution in [0, 0.1) is 0 Å². The predicted octanol–water partition coefficient (Wildman–Crippen LogP) is 2.71. The summed E-state index contributed by atoms with van der Waals surface area (Å²) in [6.45, 7) is 0. The standard InChI is InChI=1S/C13H12O3/c1-15-12-4-2-10(3-5-12)8-13(14)11-6-7-16-9-11/h2-7,9H,8H2,1H3. The second-order valence-electron chi connectivity index (χ2n) is 3.46. The van der Waals surface area contributed by atoms with E-state index in [1.54, 1.807) is 13.2 Å². The molecule has 1 aromatic carbocycles. The van der Waals surface area contributed by atoms with Crippen molar-refractivity contribution in [2.24, 2.45) is 0 Å². The topological polar surface area (TPSA) is 39.4 Å². The molecule has 82 valence electrons. The number of carbonyl (C=O) groups excluding carboxylic acids is 1. The summed E-state index contributed by atoms with van der Waals surface area (Å²) in [4.78, 5) is 11.7. The van der Waals surface area contributed by atoms with Gasteiger partial charge < -0.3 is 9.15 Å². The summed E-state index contributed by atoms with van der Waals surface area (Å²) < 4.78 is 9.92. The van der Waals surface area contributed by atoms with Crippen LogP contribution in [0.25, 0.3) is 0 Å². The van der Waals surface area contributed by atoms with Gasteiger partial charge in [0.2, 0.25) is 0 Å². The zero-order chi connectivity index (χ0) is 11.4. The van der Waals surface area contributed by atoms with E-state index in [4.69, 9.17) is 9.15 Å². The largest absolute Gasteiger partial charge is 0.497 e. The summed E-state index contributed by atoms with van der Waals surface area (Å²) in [7, 11) is 1.62. The molecule has 0 bridgehead atoms. The van der Waals surface area contributed by atoms with Crippen LogP contribution in [0.1, 0.15) is 15.9 Å². The fraction of sp³-hybridized carbons (Fsp3) is 0.154. The summed E-state index contributed by atoms with van der Waals surface area (Å²) in [6.07, 6.45) is 3.34. The van der Waals surface area contributed by atoms with Crippen molar-refractivity contribution >= 4 is 5.78 Å². The third-order valence-electron chi connectivity index (χ3n) is 2.37. The van der Waals surface area contributed by atoms with E-state index >= 15 is 0 Å². The quantitative estimate of drug-likeness (QED) is 0.737. The number of hydrogen-bond donors (Lipinski definition) is 0. The van der Waals surface area contributed by atoms with Crippen LogP contribution in [0.5, 0.6) is 5.75 Å². The van der Waals surface area contributed by atoms with Gasteiger partial charge >= 0.3 is 0 Å². The molecule has 16 heavy (non-hydrogen) atoms. The van der Waals surface area contributed by atoms with E-state index in [1.165, 1.54) is 12.5 Å². The van der Waals surface area contributed by atoms with Gasteiger partial charge in [0.25, 0.3) is 0 Å². The van der Waals surface area contributed by atoms with Crippen molar-refractivity contribution in [1.29, 1.82) is 0 Å². The Bertz CT molecular complexity index is 454. The fourth-order valence-corrected chi connectivity index (χ4v) is 1.45. The molecule has 1 heterocycles. The van der Waals surface area contributed by atoms with Gasteiger partial charge in [-0.15, -0.1) is 0 Å². The third kappa shape index (κ3) is 2.31. The van der Waals surface area contributed by atoms with Crippen molar-refractivity contribution in [1.82, 2.24) is 0 Å². The van der Waals surface area contributed by atoms with Gasteiger partial charge in [-0.3, -0.25) is 4.79 Å². The number of ether oxygens (including phenoxy) is 1. The summed E-state index contributed by atoms with van der Waals surface area (Å²) in [5.41, 5.74) is 1.57. The molecule has 0 saturated carbocycles. The molecule has 0 unspecified atom stereocenters. The molecule has 0 atom stereocenters. The molecule has 0 spiro atoms. The first-order chi connectivity index (χ1) is 7.79. The van der Waals surface area contributed by atoms with Crippen LogP contribution in [0.15, 0.2) is 47.3 Å².